The number of hydrogen-bond acceptors (Lipinski definition) is 1. The van der Waals surface area contributed by atoms with Gasteiger partial charge in [0.1, 0.15) is 0 Å². The zero-order valence-electron chi connectivity index (χ0n) is 11.0. The third-order valence-electron chi connectivity index (χ3n) is 3.40. The van der Waals surface area contributed by atoms with E-state index in [0.29, 0.717) is 17.4 Å². The van der Waals surface area contributed by atoms with Gasteiger partial charge in [-0.2, -0.15) is 0 Å². The third-order valence-corrected chi connectivity index (χ3v) is 3.64. The Morgan fingerprint density at radius 1 is 1.35 bits per heavy atom. The Morgan fingerprint density at radius 2 is 2.12 bits per heavy atom. The van der Waals surface area contributed by atoms with Crippen LogP contribution < -0.4 is 5.32 Å². The van der Waals surface area contributed by atoms with Crippen LogP contribution in [0.25, 0.3) is 0 Å². The van der Waals surface area contributed by atoms with Crippen LogP contribution in [0.2, 0.25) is 5.02 Å². The molecule has 0 aromatic heterocycles. The molecule has 0 spiro atoms. The first-order chi connectivity index (χ1) is 7.94. The molecule has 1 aromatic rings. The van der Waals surface area contributed by atoms with Gasteiger partial charge in [0.05, 0.1) is 0 Å². The van der Waals surface area contributed by atoms with Gasteiger partial charge in [-0.1, -0.05) is 44.5 Å². The summed E-state index contributed by atoms with van der Waals surface area (Å²) >= 11 is 6.05. The Bertz CT molecular complexity index is 381. The zero-order valence-corrected chi connectivity index (χ0v) is 11.7. The van der Waals surface area contributed by atoms with E-state index in [1.807, 2.05) is 6.07 Å². The minimum Gasteiger partial charge on any atom is -0.313 e. The van der Waals surface area contributed by atoms with Gasteiger partial charge in [-0.3, -0.25) is 0 Å². The molecule has 1 nitrogen and oxygen atoms in total. The van der Waals surface area contributed by atoms with E-state index >= 15 is 0 Å². The molecule has 0 saturated carbocycles. The summed E-state index contributed by atoms with van der Waals surface area (Å²) in [5.41, 5.74) is 1.78. The van der Waals surface area contributed by atoms with Crippen LogP contribution in [0.3, 0.4) is 0 Å². The molecule has 0 amide bonds. The van der Waals surface area contributed by atoms with E-state index in [1.165, 1.54) is 18.4 Å². The minimum absolute atomic E-state index is 0.404. The molecule has 94 valence electrons. The van der Waals surface area contributed by atoms with Gasteiger partial charge >= 0.3 is 0 Å². The van der Waals surface area contributed by atoms with Crippen molar-refractivity contribution in [1.29, 1.82) is 0 Å². The molecule has 2 atom stereocenters. The molecule has 1 N–H and O–H groups in total. The van der Waals surface area contributed by atoms with Crippen LogP contribution in [-0.2, 0) is 0 Å². The van der Waals surface area contributed by atoms with E-state index in [4.69, 9.17) is 11.6 Å². The average molecular weight is 252 g/mol. The first-order valence-corrected chi connectivity index (χ1v) is 6.81. The Morgan fingerprint density at radius 3 is 2.76 bits per heavy atom. The lowest BCUT2D eigenvalue weighted by Crippen LogP contribution is -2.26. The van der Waals surface area contributed by atoms with Crippen LogP contribution in [0.4, 0.5) is 0 Å². The fourth-order valence-electron chi connectivity index (χ4n) is 2.73. The molecule has 1 aliphatic rings. The van der Waals surface area contributed by atoms with Crippen molar-refractivity contribution >= 4 is 11.6 Å². The van der Waals surface area contributed by atoms with Crippen LogP contribution in [0.15, 0.2) is 24.3 Å². The molecule has 1 aliphatic heterocycles. The summed E-state index contributed by atoms with van der Waals surface area (Å²) in [5.74, 6) is 0.626. The second-order valence-electron chi connectivity index (χ2n) is 6.36. The maximum atomic E-state index is 6.05. The maximum Gasteiger partial charge on any atom is 0.0408 e. The van der Waals surface area contributed by atoms with Gasteiger partial charge in [0, 0.05) is 17.6 Å². The van der Waals surface area contributed by atoms with Gasteiger partial charge in [-0.25, -0.2) is 0 Å². The van der Waals surface area contributed by atoms with E-state index < -0.39 is 0 Å². The molecule has 1 saturated heterocycles. The van der Waals surface area contributed by atoms with Gasteiger partial charge in [0.25, 0.3) is 0 Å². The van der Waals surface area contributed by atoms with Gasteiger partial charge in [0.2, 0.25) is 0 Å². The topological polar surface area (TPSA) is 12.0 Å². The monoisotopic (exact) mass is 251 g/mol. The number of halogens is 1. The number of benzene rings is 1. The molecule has 2 heteroatoms. The summed E-state index contributed by atoms with van der Waals surface area (Å²) in [6, 6.07) is 8.94. The molecular weight excluding hydrogens is 230 g/mol. The second-order valence-corrected chi connectivity index (χ2v) is 6.79. The number of hydrogen-bond donors (Lipinski definition) is 1. The summed E-state index contributed by atoms with van der Waals surface area (Å²) in [4.78, 5) is 0. The Kier molecular flexibility index (Phi) is 3.79. The normalized spacial score (nSPS) is 25.2. The molecule has 17 heavy (non-hydrogen) atoms. The fraction of sp³-hybridized carbons (Fsp3) is 0.600. The lowest BCUT2D eigenvalue weighted by molar-refractivity contribution is 0.324. The largest absolute Gasteiger partial charge is 0.313 e. The molecular formula is C15H22ClN. The van der Waals surface area contributed by atoms with Crippen LogP contribution >= 0.6 is 11.6 Å². The predicted octanol–water partition coefficient (Wildman–Crippen LogP) is 4.22. The number of rotatable bonds is 2. The summed E-state index contributed by atoms with van der Waals surface area (Å²) < 4.78 is 0. The van der Waals surface area contributed by atoms with Gasteiger partial charge in [-0.05, 0) is 41.9 Å². The van der Waals surface area contributed by atoms with Crippen molar-refractivity contribution in [3.8, 4) is 0 Å². The van der Waals surface area contributed by atoms with Crippen molar-refractivity contribution in [3.05, 3.63) is 34.9 Å². The summed E-state index contributed by atoms with van der Waals surface area (Å²) in [5, 5.41) is 4.49. The van der Waals surface area contributed by atoms with Crippen molar-refractivity contribution in [2.45, 2.75) is 45.6 Å². The molecule has 1 fully saturated rings. The highest BCUT2D eigenvalue weighted by atomic mass is 35.5. The van der Waals surface area contributed by atoms with E-state index in [1.54, 1.807) is 0 Å². The predicted molar refractivity (Wildman–Crippen MR) is 74.7 cm³/mol. The molecule has 0 bridgehead atoms. The van der Waals surface area contributed by atoms with E-state index in [2.05, 4.69) is 44.3 Å². The average Bonchev–Trinajstić information content (AvgIpc) is 2.63. The van der Waals surface area contributed by atoms with Crippen molar-refractivity contribution in [3.63, 3.8) is 0 Å². The second kappa shape index (κ2) is 4.99. The first-order valence-electron chi connectivity index (χ1n) is 6.43. The van der Waals surface area contributed by atoms with E-state index in [0.717, 1.165) is 11.6 Å². The summed E-state index contributed by atoms with van der Waals surface area (Å²) in [6.45, 7) is 8.01. The van der Waals surface area contributed by atoms with Gasteiger partial charge < -0.3 is 5.32 Å². The van der Waals surface area contributed by atoms with Crippen LogP contribution in [0, 0.1) is 5.41 Å². The highest BCUT2D eigenvalue weighted by Crippen LogP contribution is 2.32. The third kappa shape index (κ3) is 3.72. The minimum atomic E-state index is 0.404. The van der Waals surface area contributed by atoms with Crippen molar-refractivity contribution in [2.75, 3.05) is 6.54 Å². The van der Waals surface area contributed by atoms with E-state index in [9.17, 15) is 0 Å². The van der Waals surface area contributed by atoms with Crippen molar-refractivity contribution in [2.24, 2.45) is 5.41 Å². The van der Waals surface area contributed by atoms with Crippen molar-refractivity contribution < 1.29 is 0 Å². The lowest BCUT2D eigenvalue weighted by atomic mass is 9.85. The zero-order chi connectivity index (χ0) is 12.5. The standard InChI is InChI=1S/C15H22ClN/c1-15(2,3)9-14-8-12(10-17-14)11-5-4-6-13(16)7-11/h4-7,12,14,17H,8-10H2,1-3H3. The Labute approximate surface area is 110 Å². The smallest absolute Gasteiger partial charge is 0.0408 e. The SMILES string of the molecule is CC(C)(C)CC1CC(c2cccc(Cl)c2)CN1. The summed E-state index contributed by atoms with van der Waals surface area (Å²) in [6.07, 6.45) is 2.47. The Balaban J connectivity index is 1.98. The first kappa shape index (κ1) is 12.9. The van der Waals surface area contributed by atoms with Crippen LogP contribution in [-0.4, -0.2) is 12.6 Å². The van der Waals surface area contributed by atoms with Crippen LogP contribution in [0.5, 0.6) is 0 Å². The molecule has 1 heterocycles. The molecule has 0 aliphatic carbocycles. The van der Waals surface area contributed by atoms with Gasteiger partial charge in [-0.15, -0.1) is 0 Å². The van der Waals surface area contributed by atoms with Crippen molar-refractivity contribution in [1.82, 2.24) is 5.32 Å². The number of nitrogens with one attached hydrogen (secondary N) is 1. The van der Waals surface area contributed by atoms with Gasteiger partial charge in [0.15, 0.2) is 0 Å². The highest BCUT2D eigenvalue weighted by molar-refractivity contribution is 6.30. The molecule has 0 radical (unpaired) electrons. The quantitative estimate of drug-likeness (QED) is 0.830. The fourth-order valence-corrected chi connectivity index (χ4v) is 2.93. The molecule has 2 unspecified atom stereocenters. The lowest BCUT2D eigenvalue weighted by Gasteiger charge is -2.23. The maximum absolute atomic E-state index is 6.05. The Hall–Kier alpha value is -0.530. The van der Waals surface area contributed by atoms with E-state index in [-0.39, 0.29) is 0 Å². The van der Waals surface area contributed by atoms with Crippen LogP contribution in [0.1, 0.15) is 45.1 Å². The highest BCUT2D eigenvalue weighted by Gasteiger charge is 2.28. The molecule has 2 rings (SSSR count). The molecule has 1 aromatic carbocycles. The summed E-state index contributed by atoms with van der Waals surface area (Å²) in [7, 11) is 0.